The van der Waals surface area contributed by atoms with E-state index in [1.165, 1.54) is 6.42 Å². The Labute approximate surface area is 164 Å². The van der Waals surface area contributed by atoms with E-state index in [9.17, 15) is 4.79 Å². The Balaban J connectivity index is 1.39. The molecule has 1 amide bonds. The minimum Gasteiger partial charge on any atom is -0.332 e. The van der Waals surface area contributed by atoms with Gasteiger partial charge < -0.3 is 10.2 Å². The summed E-state index contributed by atoms with van der Waals surface area (Å²) in [7, 11) is 0. The van der Waals surface area contributed by atoms with Gasteiger partial charge in [-0.05, 0) is 30.8 Å². The fourth-order valence-corrected chi connectivity index (χ4v) is 4.21. The largest absolute Gasteiger partial charge is 0.332 e. The first-order chi connectivity index (χ1) is 13.8. The van der Waals surface area contributed by atoms with Crippen molar-refractivity contribution in [2.75, 3.05) is 19.6 Å². The lowest BCUT2D eigenvalue weighted by molar-refractivity contribution is 0.0729. The van der Waals surface area contributed by atoms with Crippen molar-refractivity contribution >= 4 is 16.7 Å². The normalized spacial score (nSPS) is 19.4. The van der Waals surface area contributed by atoms with Gasteiger partial charge in [0.05, 0.1) is 5.69 Å². The molecule has 0 unspecified atom stereocenters. The predicted octanol–water partition coefficient (Wildman–Crippen LogP) is 2.69. The number of fused-ring (bicyclic) bond motifs is 2. The van der Waals surface area contributed by atoms with Crippen LogP contribution in [0.5, 0.6) is 0 Å². The molecule has 0 spiro atoms. The van der Waals surface area contributed by atoms with E-state index >= 15 is 0 Å². The third kappa shape index (κ3) is 3.14. The van der Waals surface area contributed by atoms with Gasteiger partial charge in [0.2, 0.25) is 0 Å². The standard InChI is InChI=1S/C22H23N5O/c28-22(20-18-6-2-1-4-15(18)7-10-24-20)27-11-8-19-17(14-27)13-25-21(26-19)16-5-3-9-23-12-16/h1-2,4,6-7,10,13,16,23H,3,5,8-9,11-12,14H2/t16-/m1/s1. The van der Waals surface area contributed by atoms with E-state index in [-0.39, 0.29) is 5.91 Å². The number of benzene rings is 1. The van der Waals surface area contributed by atoms with Crippen LogP contribution in [0, 0.1) is 0 Å². The molecule has 0 bridgehead atoms. The molecule has 142 valence electrons. The van der Waals surface area contributed by atoms with Crippen molar-refractivity contribution in [1.82, 2.24) is 25.2 Å². The van der Waals surface area contributed by atoms with Gasteiger partial charge in [0, 0.05) is 55.3 Å². The molecule has 0 radical (unpaired) electrons. The Morgan fingerprint density at radius 2 is 2.11 bits per heavy atom. The summed E-state index contributed by atoms with van der Waals surface area (Å²) in [6.07, 6.45) is 6.71. The third-order valence-electron chi connectivity index (χ3n) is 5.78. The molecule has 1 fully saturated rings. The van der Waals surface area contributed by atoms with Crippen molar-refractivity contribution in [3.8, 4) is 0 Å². The van der Waals surface area contributed by atoms with Crippen molar-refractivity contribution < 1.29 is 4.79 Å². The van der Waals surface area contributed by atoms with E-state index in [4.69, 9.17) is 4.98 Å². The van der Waals surface area contributed by atoms with Crippen LogP contribution in [0.1, 0.15) is 46.3 Å². The molecule has 2 aromatic heterocycles. The number of nitrogens with one attached hydrogen (secondary N) is 1. The molecule has 1 atom stereocenters. The summed E-state index contributed by atoms with van der Waals surface area (Å²) in [5, 5.41) is 5.36. The van der Waals surface area contributed by atoms with E-state index in [0.717, 1.165) is 53.8 Å². The summed E-state index contributed by atoms with van der Waals surface area (Å²) in [5.41, 5.74) is 2.66. The highest BCUT2D eigenvalue weighted by Gasteiger charge is 2.26. The molecule has 1 N–H and O–H groups in total. The van der Waals surface area contributed by atoms with Gasteiger partial charge in [-0.25, -0.2) is 9.97 Å². The van der Waals surface area contributed by atoms with Crippen molar-refractivity contribution in [3.05, 3.63) is 65.5 Å². The Bertz CT molecular complexity index is 1020. The van der Waals surface area contributed by atoms with Crippen LogP contribution in [0.15, 0.2) is 42.7 Å². The maximum atomic E-state index is 13.2. The van der Waals surface area contributed by atoms with Crippen LogP contribution in [0.2, 0.25) is 0 Å². The number of hydrogen-bond acceptors (Lipinski definition) is 5. The lowest BCUT2D eigenvalue weighted by Crippen LogP contribution is -2.37. The average Bonchev–Trinajstić information content (AvgIpc) is 2.78. The number of amides is 1. The van der Waals surface area contributed by atoms with Crippen molar-refractivity contribution in [2.45, 2.75) is 31.7 Å². The lowest BCUT2D eigenvalue weighted by atomic mass is 9.98. The molecule has 2 aliphatic rings. The monoisotopic (exact) mass is 373 g/mol. The molecule has 2 aliphatic heterocycles. The first-order valence-electron chi connectivity index (χ1n) is 9.98. The van der Waals surface area contributed by atoms with E-state index in [1.54, 1.807) is 6.20 Å². The minimum atomic E-state index is -0.0250. The number of rotatable bonds is 2. The van der Waals surface area contributed by atoms with Gasteiger partial charge in [0.1, 0.15) is 11.5 Å². The van der Waals surface area contributed by atoms with Crippen molar-refractivity contribution in [3.63, 3.8) is 0 Å². The molecule has 1 saturated heterocycles. The lowest BCUT2D eigenvalue weighted by Gasteiger charge is -2.29. The highest BCUT2D eigenvalue weighted by molar-refractivity contribution is 6.05. The SMILES string of the molecule is O=C(c1nccc2ccccc12)N1CCc2nc([C@@H]3CCCNC3)ncc2C1. The first-order valence-corrected chi connectivity index (χ1v) is 9.98. The van der Waals surface area contributed by atoms with Crippen LogP contribution in [0.4, 0.5) is 0 Å². The van der Waals surface area contributed by atoms with Gasteiger partial charge in [-0.1, -0.05) is 24.3 Å². The third-order valence-corrected chi connectivity index (χ3v) is 5.78. The van der Waals surface area contributed by atoms with Crippen LogP contribution in [-0.4, -0.2) is 45.4 Å². The maximum Gasteiger partial charge on any atom is 0.273 e. The zero-order valence-electron chi connectivity index (χ0n) is 15.8. The van der Waals surface area contributed by atoms with Crippen LogP contribution in [0.25, 0.3) is 10.8 Å². The summed E-state index contributed by atoms with van der Waals surface area (Å²) >= 11 is 0. The van der Waals surface area contributed by atoms with Crippen LogP contribution in [0.3, 0.4) is 0 Å². The zero-order valence-corrected chi connectivity index (χ0v) is 15.8. The summed E-state index contributed by atoms with van der Waals surface area (Å²) in [5.74, 6) is 1.32. The summed E-state index contributed by atoms with van der Waals surface area (Å²) in [6, 6.07) is 9.83. The number of piperidine rings is 1. The minimum absolute atomic E-state index is 0.0250. The molecular formula is C22H23N5O. The number of aromatic nitrogens is 3. The Morgan fingerprint density at radius 3 is 3.00 bits per heavy atom. The van der Waals surface area contributed by atoms with Gasteiger partial charge in [-0.15, -0.1) is 0 Å². The Hall–Kier alpha value is -2.86. The van der Waals surface area contributed by atoms with Gasteiger partial charge in [0.25, 0.3) is 5.91 Å². The number of carbonyl (C=O) groups is 1. The quantitative estimate of drug-likeness (QED) is 0.748. The molecule has 4 heterocycles. The summed E-state index contributed by atoms with van der Waals surface area (Å²) < 4.78 is 0. The Kier molecular flexibility index (Phi) is 4.49. The van der Waals surface area contributed by atoms with Crippen LogP contribution >= 0.6 is 0 Å². The predicted molar refractivity (Wildman–Crippen MR) is 107 cm³/mol. The van der Waals surface area contributed by atoms with E-state index in [0.29, 0.717) is 24.7 Å². The highest BCUT2D eigenvalue weighted by atomic mass is 16.2. The van der Waals surface area contributed by atoms with Gasteiger partial charge in [0.15, 0.2) is 0 Å². The van der Waals surface area contributed by atoms with Crippen molar-refractivity contribution in [1.29, 1.82) is 0 Å². The van der Waals surface area contributed by atoms with Gasteiger partial charge in [-0.3, -0.25) is 9.78 Å². The molecule has 28 heavy (non-hydrogen) atoms. The topological polar surface area (TPSA) is 71.0 Å². The maximum absolute atomic E-state index is 13.2. The molecule has 0 aliphatic carbocycles. The first kappa shape index (κ1) is 17.3. The van der Waals surface area contributed by atoms with Gasteiger partial charge >= 0.3 is 0 Å². The second-order valence-corrected chi connectivity index (χ2v) is 7.60. The smallest absolute Gasteiger partial charge is 0.273 e. The fourth-order valence-electron chi connectivity index (χ4n) is 4.21. The molecular weight excluding hydrogens is 350 g/mol. The van der Waals surface area contributed by atoms with Crippen molar-refractivity contribution in [2.24, 2.45) is 0 Å². The zero-order chi connectivity index (χ0) is 18.9. The fraction of sp³-hybridized carbons (Fsp3) is 0.364. The number of hydrogen-bond donors (Lipinski definition) is 1. The summed E-state index contributed by atoms with van der Waals surface area (Å²) in [4.78, 5) is 28.9. The molecule has 0 saturated carbocycles. The molecule has 6 heteroatoms. The molecule has 3 aromatic rings. The van der Waals surface area contributed by atoms with E-state index in [2.05, 4.69) is 15.3 Å². The summed E-state index contributed by atoms with van der Waals surface area (Å²) in [6.45, 7) is 3.25. The highest BCUT2D eigenvalue weighted by Crippen LogP contribution is 2.25. The molecule has 6 nitrogen and oxygen atoms in total. The second kappa shape index (κ2) is 7.28. The number of pyridine rings is 1. The van der Waals surface area contributed by atoms with Crippen LogP contribution in [-0.2, 0) is 13.0 Å². The van der Waals surface area contributed by atoms with Gasteiger partial charge in [-0.2, -0.15) is 0 Å². The second-order valence-electron chi connectivity index (χ2n) is 7.60. The Morgan fingerprint density at radius 1 is 1.18 bits per heavy atom. The molecule has 5 rings (SSSR count). The average molecular weight is 373 g/mol. The van der Waals surface area contributed by atoms with Crippen LogP contribution < -0.4 is 5.32 Å². The number of carbonyl (C=O) groups excluding carboxylic acids is 1. The van der Waals surface area contributed by atoms with E-state index < -0.39 is 0 Å². The number of nitrogens with zero attached hydrogens (tertiary/aromatic N) is 4. The molecule has 1 aromatic carbocycles. The van der Waals surface area contributed by atoms with E-state index in [1.807, 2.05) is 41.4 Å².